The first-order valence-electron chi connectivity index (χ1n) is 7.28. The van der Waals surface area contributed by atoms with Gasteiger partial charge in [0, 0.05) is 19.3 Å². The van der Waals surface area contributed by atoms with E-state index >= 15 is 0 Å². The number of amides is 1. The van der Waals surface area contributed by atoms with Crippen LogP contribution >= 0.6 is 0 Å². The number of hydrogen-bond acceptors (Lipinski definition) is 4. The zero-order valence-electron chi connectivity index (χ0n) is 13.5. The van der Waals surface area contributed by atoms with Gasteiger partial charge in [0.2, 0.25) is 0 Å². The number of benzene rings is 1. The van der Waals surface area contributed by atoms with E-state index in [2.05, 4.69) is 4.98 Å². The third-order valence-corrected chi connectivity index (χ3v) is 3.54. The van der Waals surface area contributed by atoms with Crippen LogP contribution in [0.5, 0.6) is 11.5 Å². The molecule has 1 heterocycles. The summed E-state index contributed by atoms with van der Waals surface area (Å²) >= 11 is 0. The number of hydrogen-bond donors (Lipinski definition) is 1. The van der Waals surface area contributed by atoms with E-state index in [1.165, 1.54) is 12.3 Å². The minimum Gasteiger partial charge on any atom is -0.493 e. The molecule has 1 aromatic heterocycles. The summed E-state index contributed by atoms with van der Waals surface area (Å²) in [5.41, 5.74) is 0.642. The Kier molecular flexibility index (Phi) is 5.41. The Morgan fingerprint density at radius 3 is 2.52 bits per heavy atom. The van der Waals surface area contributed by atoms with Crippen LogP contribution in [0, 0.1) is 0 Å². The quantitative estimate of drug-likeness (QED) is 0.885. The van der Waals surface area contributed by atoms with E-state index in [1.807, 2.05) is 19.1 Å². The molecular weight excluding hydrogens is 296 g/mol. The molecule has 0 aliphatic heterocycles. The Hall–Kier alpha value is -2.76. The van der Waals surface area contributed by atoms with Crippen molar-refractivity contribution in [2.75, 3.05) is 20.8 Å². The van der Waals surface area contributed by atoms with E-state index in [0.717, 1.165) is 5.56 Å². The maximum absolute atomic E-state index is 12.5. The molecule has 122 valence electrons. The van der Waals surface area contributed by atoms with E-state index in [-0.39, 0.29) is 17.0 Å². The number of nitrogens with one attached hydrogen (secondary N) is 1. The Morgan fingerprint density at radius 1 is 1.17 bits per heavy atom. The van der Waals surface area contributed by atoms with Gasteiger partial charge in [0.05, 0.1) is 14.2 Å². The molecule has 6 heteroatoms. The Balaban J connectivity index is 2.24. The standard InChI is InChI=1S/C17H20N2O4/c1-4-19(17(21)13-6-5-9-18-16(13)20)11-12-7-8-14(22-2)15(10-12)23-3/h5-10H,4,11H2,1-3H3,(H,18,20). The first kappa shape index (κ1) is 16.6. The molecule has 0 spiro atoms. The van der Waals surface area contributed by atoms with Crippen molar-refractivity contribution in [2.45, 2.75) is 13.5 Å². The van der Waals surface area contributed by atoms with Gasteiger partial charge < -0.3 is 19.4 Å². The van der Waals surface area contributed by atoms with Crippen LogP contribution in [0.4, 0.5) is 0 Å². The third kappa shape index (κ3) is 3.71. The van der Waals surface area contributed by atoms with Crippen molar-refractivity contribution in [1.29, 1.82) is 0 Å². The van der Waals surface area contributed by atoms with Gasteiger partial charge >= 0.3 is 0 Å². The van der Waals surface area contributed by atoms with Crippen LogP contribution in [-0.2, 0) is 6.54 Å². The molecule has 6 nitrogen and oxygen atoms in total. The monoisotopic (exact) mass is 316 g/mol. The highest BCUT2D eigenvalue weighted by atomic mass is 16.5. The molecule has 2 aromatic rings. The van der Waals surface area contributed by atoms with Gasteiger partial charge in [-0.1, -0.05) is 6.07 Å². The number of aromatic amines is 1. The minimum atomic E-state index is -0.386. The summed E-state index contributed by atoms with van der Waals surface area (Å²) in [6.45, 7) is 2.74. The number of nitrogens with zero attached hydrogens (tertiary/aromatic N) is 1. The highest BCUT2D eigenvalue weighted by molar-refractivity contribution is 5.93. The highest BCUT2D eigenvalue weighted by Crippen LogP contribution is 2.28. The van der Waals surface area contributed by atoms with Crippen LogP contribution in [-0.4, -0.2) is 36.6 Å². The van der Waals surface area contributed by atoms with Crippen molar-refractivity contribution < 1.29 is 14.3 Å². The highest BCUT2D eigenvalue weighted by Gasteiger charge is 2.18. The molecule has 0 saturated carbocycles. The van der Waals surface area contributed by atoms with Crippen molar-refractivity contribution in [2.24, 2.45) is 0 Å². The molecule has 0 aliphatic rings. The fourth-order valence-electron chi connectivity index (χ4n) is 2.29. The summed E-state index contributed by atoms with van der Waals surface area (Å²) in [6.07, 6.45) is 1.50. The molecule has 1 amide bonds. The van der Waals surface area contributed by atoms with Crippen LogP contribution in [0.15, 0.2) is 41.3 Å². The van der Waals surface area contributed by atoms with Crippen molar-refractivity contribution >= 4 is 5.91 Å². The normalized spacial score (nSPS) is 10.2. The third-order valence-electron chi connectivity index (χ3n) is 3.54. The van der Waals surface area contributed by atoms with Crippen LogP contribution < -0.4 is 15.0 Å². The minimum absolute atomic E-state index is 0.134. The van der Waals surface area contributed by atoms with E-state index in [4.69, 9.17) is 9.47 Å². The van der Waals surface area contributed by atoms with Gasteiger partial charge in [-0.15, -0.1) is 0 Å². The molecule has 0 aliphatic carbocycles. The second-order valence-electron chi connectivity index (χ2n) is 4.92. The second-order valence-corrected chi connectivity index (χ2v) is 4.92. The Bertz CT molecular complexity index is 739. The SMILES string of the molecule is CCN(Cc1ccc(OC)c(OC)c1)C(=O)c1ccc[nH]c1=O. The van der Waals surface area contributed by atoms with E-state index < -0.39 is 0 Å². The lowest BCUT2D eigenvalue weighted by Crippen LogP contribution is -2.34. The lowest BCUT2D eigenvalue weighted by molar-refractivity contribution is 0.0750. The molecule has 23 heavy (non-hydrogen) atoms. The van der Waals surface area contributed by atoms with Gasteiger partial charge in [-0.25, -0.2) is 0 Å². The van der Waals surface area contributed by atoms with E-state index in [1.54, 1.807) is 31.3 Å². The summed E-state index contributed by atoms with van der Waals surface area (Å²) in [5.74, 6) is 0.931. The maximum Gasteiger partial charge on any atom is 0.260 e. The predicted octanol–water partition coefficient (Wildman–Crippen LogP) is 2.05. The molecule has 0 bridgehead atoms. The fraction of sp³-hybridized carbons (Fsp3) is 0.294. The molecule has 0 radical (unpaired) electrons. The van der Waals surface area contributed by atoms with Gasteiger partial charge in [0.15, 0.2) is 11.5 Å². The first-order chi connectivity index (χ1) is 11.1. The van der Waals surface area contributed by atoms with Crippen molar-refractivity contribution in [3.63, 3.8) is 0 Å². The second kappa shape index (κ2) is 7.49. The number of ether oxygens (including phenoxy) is 2. The van der Waals surface area contributed by atoms with E-state index in [9.17, 15) is 9.59 Å². The lowest BCUT2D eigenvalue weighted by atomic mass is 10.1. The summed E-state index contributed by atoms with van der Waals surface area (Å²) in [7, 11) is 3.13. The summed E-state index contributed by atoms with van der Waals surface area (Å²) in [6, 6.07) is 8.65. The summed E-state index contributed by atoms with van der Waals surface area (Å²) < 4.78 is 10.5. The first-order valence-corrected chi connectivity index (χ1v) is 7.28. The molecule has 0 fully saturated rings. The molecule has 0 saturated heterocycles. The summed E-state index contributed by atoms with van der Waals surface area (Å²) in [5, 5.41) is 0. The fourth-order valence-corrected chi connectivity index (χ4v) is 2.29. The number of methoxy groups -OCH3 is 2. The average molecular weight is 316 g/mol. The zero-order valence-corrected chi connectivity index (χ0v) is 13.5. The number of carbonyl (C=O) groups is 1. The molecule has 1 N–H and O–H groups in total. The predicted molar refractivity (Wildman–Crippen MR) is 87.0 cm³/mol. The molecule has 2 rings (SSSR count). The summed E-state index contributed by atoms with van der Waals surface area (Å²) in [4.78, 5) is 28.4. The van der Waals surface area contributed by atoms with Gasteiger partial charge in [-0.2, -0.15) is 0 Å². The number of aromatic nitrogens is 1. The number of H-pyrrole nitrogens is 1. The van der Waals surface area contributed by atoms with Crippen molar-refractivity contribution in [1.82, 2.24) is 9.88 Å². The Labute approximate surface area is 134 Å². The largest absolute Gasteiger partial charge is 0.493 e. The van der Waals surface area contributed by atoms with Crippen LogP contribution in [0.3, 0.4) is 0 Å². The van der Waals surface area contributed by atoms with Crippen molar-refractivity contribution in [3.8, 4) is 11.5 Å². The molecular formula is C17H20N2O4. The van der Waals surface area contributed by atoms with Gasteiger partial charge in [-0.05, 0) is 36.8 Å². The van der Waals surface area contributed by atoms with Crippen molar-refractivity contribution in [3.05, 3.63) is 58.0 Å². The van der Waals surface area contributed by atoms with Gasteiger partial charge in [-0.3, -0.25) is 9.59 Å². The number of pyridine rings is 1. The molecule has 1 aromatic carbocycles. The zero-order chi connectivity index (χ0) is 16.8. The molecule has 0 unspecified atom stereocenters. The molecule has 0 atom stereocenters. The van der Waals surface area contributed by atoms with Crippen LogP contribution in [0.25, 0.3) is 0 Å². The number of carbonyl (C=O) groups excluding carboxylic acids is 1. The lowest BCUT2D eigenvalue weighted by Gasteiger charge is -2.21. The van der Waals surface area contributed by atoms with Gasteiger partial charge in [0.25, 0.3) is 11.5 Å². The Morgan fingerprint density at radius 2 is 1.91 bits per heavy atom. The van der Waals surface area contributed by atoms with Crippen LogP contribution in [0.2, 0.25) is 0 Å². The van der Waals surface area contributed by atoms with E-state index in [0.29, 0.717) is 24.6 Å². The van der Waals surface area contributed by atoms with Gasteiger partial charge in [0.1, 0.15) is 5.56 Å². The topological polar surface area (TPSA) is 71.6 Å². The smallest absolute Gasteiger partial charge is 0.260 e. The maximum atomic E-state index is 12.5. The van der Waals surface area contributed by atoms with Crippen LogP contribution in [0.1, 0.15) is 22.8 Å². The number of rotatable bonds is 6. The average Bonchev–Trinajstić information content (AvgIpc) is 2.59.